The van der Waals surface area contributed by atoms with Gasteiger partial charge in [0.1, 0.15) is 0 Å². The Morgan fingerprint density at radius 3 is 1.62 bits per heavy atom. The van der Waals surface area contributed by atoms with Gasteiger partial charge in [-0.2, -0.15) is 36.4 Å². The second-order valence-electron chi connectivity index (χ2n) is 4.55. The van der Waals surface area contributed by atoms with Gasteiger partial charge >= 0.3 is 64.9 Å². The van der Waals surface area contributed by atoms with Crippen molar-refractivity contribution in [2.24, 2.45) is 0 Å². The third-order valence-electron chi connectivity index (χ3n) is 2.86. The van der Waals surface area contributed by atoms with Gasteiger partial charge in [-0.25, -0.2) is 24.3 Å². The molecule has 3 heteroatoms. The summed E-state index contributed by atoms with van der Waals surface area (Å²) in [6.07, 6.45) is 10.6. The van der Waals surface area contributed by atoms with Crippen molar-refractivity contribution in [3.05, 3.63) is 67.1 Å². The van der Waals surface area contributed by atoms with Crippen molar-refractivity contribution in [3.8, 4) is 0 Å². The van der Waals surface area contributed by atoms with Crippen LogP contribution in [-0.4, -0.2) is 20.0 Å². The van der Waals surface area contributed by atoms with Gasteiger partial charge in [0.2, 0.25) is 0 Å². The van der Waals surface area contributed by atoms with Crippen molar-refractivity contribution in [2.75, 3.05) is 0 Å². The summed E-state index contributed by atoms with van der Waals surface area (Å²) >= 11 is 3.11. The molecule has 1 fully saturated rings. The first-order valence-corrected chi connectivity index (χ1v) is 7.94. The van der Waals surface area contributed by atoms with Crippen LogP contribution in [0.4, 0.5) is 0 Å². The second-order valence-corrected chi connectivity index (χ2v) is 5.65. The van der Waals surface area contributed by atoms with E-state index in [4.69, 9.17) is 0 Å². The van der Waals surface area contributed by atoms with E-state index < -0.39 is 0 Å². The molecular weight excluding hydrogens is 413 g/mol. The van der Waals surface area contributed by atoms with E-state index in [1.165, 1.54) is 42.9 Å². The van der Waals surface area contributed by atoms with E-state index in [0.29, 0.717) is 0 Å². The third kappa shape index (κ3) is 16.2. The van der Waals surface area contributed by atoms with E-state index >= 15 is 0 Å². The molecule has 2 aromatic carbocycles. The van der Waals surface area contributed by atoms with Crippen molar-refractivity contribution >= 4 is 20.0 Å². The Balaban J connectivity index is 0. The summed E-state index contributed by atoms with van der Waals surface area (Å²) in [6.45, 7) is 0. The van der Waals surface area contributed by atoms with Gasteiger partial charge in [-0.05, 0) is 0 Å². The van der Waals surface area contributed by atoms with Crippen LogP contribution in [0.25, 0.3) is 0 Å². The standard InChI is InChI=1S/C8H13Se.2C5H5.2Co/c9-8-6-4-2-1-3-5-7-8;2*1-2-4-5-3-1;;/h6H,1-5,7H2;2*1-5H;;/q3*-1;;. The molecule has 2 radical (unpaired) electrons. The molecule has 2 aromatic rings. The predicted molar refractivity (Wildman–Crippen MR) is 86.8 cm³/mol. The molecule has 0 unspecified atom stereocenters. The predicted octanol–water partition coefficient (Wildman–Crippen LogP) is 4.69. The summed E-state index contributed by atoms with van der Waals surface area (Å²) in [5, 5.41) is 0. The van der Waals surface area contributed by atoms with Gasteiger partial charge in [0, 0.05) is 33.6 Å². The van der Waals surface area contributed by atoms with E-state index in [0.717, 1.165) is 0 Å². The molecule has 3 rings (SSSR count). The molecule has 0 saturated heterocycles. The minimum absolute atomic E-state index is 0. The van der Waals surface area contributed by atoms with Crippen LogP contribution in [0.2, 0.25) is 0 Å². The molecule has 0 heterocycles. The van der Waals surface area contributed by atoms with Crippen molar-refractivity contribution < 1.29 is 33.6 Å². The molecule has 0 atom stereocenters. The zero-order chi connectivity index (χ0) is 13.6. The molecule has 0 nitrogen and oxygen atoms in total. The summed E-state index contributed by atoms with van der Waals surface area (Å²) in [7, 11) is 0. The minimum atomic E-state index is 0. The summed E-state index contributed by atoms with van der Waals surface area (Å²) in [4.78, 5) is 0. The third-order valence-corrected chi connectivity index (χ3v) is 3.64. The fourth-order valence-electron chi connectivity index (χ4n) is 1.80. The molecule has 1 aliphatic carbocycles. The molecule has 0 amide bonds. The maximum Gasteiger partial charge on any atom is -0.172 e. The van der Waals surface area contributed by atoms with Gasteiger partial charge < -0.3 is 0 Å². The summed E-state index contributed by atoms with van der Waals surface area (Å²) in [5.74, 6) is 0. The van der Waals surface area contributed by atoms with E-state index in [-0.39, 0.29) is 33.6 Å². The summed E-state index contributed by atoms with van der Waals surface area (Å²) in [5.41, 5.74) is 0. The second kappa shape index (κ2) is 18.0. The van der Waals surface area contributed by atoms with Crippen LogP contribution in [0, 0.1) is 6.42 Å². The molecule has 0 N–H and O–H groups in total. The van der Waals surface area contributed by atoms with Crippen LogP contribution < -0.4 is 0 Å². The molecule has 1 saturated carbocycles. The Hall–Kier alpha value is -0.0275. The van der Waals surface area contributed by atoms with Gasteiger partial charge in [-0.1, -0.05) is 0 Å². The van der Waals surface area contributed by atoms with E-state index in [9.17, 15) is 0 Å². The fraction of sp³-hybridized carbons (Fsp3) is 0.333. The fourth-order valence-corrected chi connectivity index (χ4v) is 2.35. The molecule has 122 valence electrons. The van der Waals surface area contributed by atoms with Crippen LogP contribution in [-0.2, 0) is 33.6 Å². The van der Waals surface area contributed by atoms with Gasteiger partial charge in [0.25, 0.3) is 0 Å². The number of hydrogen-bond donors (Lipinski definition) is 0. The van der Waals surface area contributed by atoms with Crippen molar-refractivity contribution in [2.45, 2.75) is 38.5 Å². The zero-order valence-corrected chi connectivity index (χ0v) is 16.0. The first-order chi connectivity index (χ1) is 9.39. The Labute approximate surface area is 158 Å². The number of hydrogen-bond acceptors (Lipinski definition) is 0. The average molecular weight is 436 g/mol. The Morgan fingerprint density at radius 1 is 0.714 bits per heavy atom. The molecule has 21 heavy (non-hydrogen) atoms. The molecular formula is C18H23Co2Se-3. The maximum absolute atomic E-state index is 3.11. The quantitative estimate of drug-likeness (QED) is 0.415. The zero-order valence-electron chi connectivity index (χ0n) is 12.2. The Morgan fingerprint density at radius 2 is 1.19 bits per heavy atom. The van der Waals surface area contributed by atoms with Gasteiger partial charge in [-0.15, -0.1) is 0 Å². The molecule has 0 aromatic heterocycles. The van der Waals surface area contributed by atoms with Gasteiger partial charge in [-0.3, -0.25) is 0 Å². The molecule has 0 spiro atoms. The largest absolute Gasteiger partial charge is 0.214 e. The summed E-state index contributed by atoms with van der Waals surface area (Å²) in [6, 6.07) is 20.0. The van der Waals surface area contributed by atoms with Crippen LogP contribution in [0.5, 0.6) is 0 Å². The van der Waals surface area contributed by atoms with Gasteiger partial charge in [0.05, 0.1) is 0 Å². The SMILES string of the molecule is [Co].[Co].[Se]=C1[CH-]CCCCCC1.c1cc[cH-]c1.c1cc[cH-]c1. The Bertz CT molecular complexity index is 309. The topological polar surface area (TPSA) is 0 Å². The first-order valence-electron chi connectivity index (χ1n) is 7.09. The monoisotopic (exact) mass is 437 g/mol. The molecule has 0 aliphatic heterocycles. The molecule has 1 aliphatic rings. The van der Waals surface area contributed by atoms with Crippen LogP contribution in [0.3, 0.4) is 0 Å². The van der Waals surface area contributed by atoms with Crippen molar-refractivity contribution in [3.63, 3.8) is 0 Å². The van der Waals surface area contributed by atoms with E-state index in [1.54, 1.807) is 0 Å². The van der Waals surface area contributed by atoms with E-state index in [1.807, 2.05) is 60.7 Å². The average Bonchev–Trinajstić information content (AvgIpc) is 3.09. The smallest absolute Gasteiger partial charge is 0.172 e. The van der Waals surface area contributed by atoms with Crippen LogP contribution in [0.15, 0.2) is 60.7 Å². The first kappa shape index (κ1) is 23.2. The Kier molecular flexibility index (Phi) is 19.9. The van der Waals surface area contributed by atoms with Gasteiger partial charge in [0.15, 0.2) is 0 Å². The van der Waals surface area contributed by atoms with Crippen molar-refractivity contribution in [1.82, 2.24) is 0 Å². The van der Waals surface area contributed by atoms with Crippen LogP contribution in [0.1, 0.15) is 38.5 Å². The van der Waals surface area contributed by atoms with Crippen LogP contribution >= 0.6 is 0 Å². The minimum Gasteiger partial charge on any atom is -0.214 e. The van der Waals surface area contributed by atoms with E-state index in [2.05, 4.69) is 22.0 Å². The number of rotatable bonds is 0. The normalized spacial score (nSPS) is 13.2. The van der Waals surface area contributed by atoms with Crippen molar-refractivity contribution in [1.29, 1.82) is 0 Å². The molecule has 0 bridgehead atoms. The summed E-state index contributed by atoms with van der Waals surface area (Å²) < 4.78 is 1.48. The maximum atomic E-state index is 3.11.